The summed E-state index contributed by atoms with van der Waals surface area (Å²) in [4.78, 5) is 17.7. The maximum absolute atomic E-state index is 11.5. The fraction of sp³-hybridized carbons (Fsp3) is 0.522. The molecular weight excluding hydrogens is 516 g/mol. The molecule has 38 heavy (non-hydrogen) atoms. The summed E-state index contributed by atoms with van der Waals surface area (Å²) in [6.45, 7) is 6.37. The zero-order valence-electron chi connectivity index (χ0n) is 20.9. The van der Waals surface area contributed by atoms with E-state index in [0.29, 0.717) is 27.8 Å². The molecule has 4 heterocycles. The molecule has 0 aliphatic carbocycles. The largest absolute Gasteiger partial charge is 0.386 e. The molecule has 2 saturated heterocycles. The summed E-state index contributed by atoms with van der Waals surface area (Å²) in [7, 11) is -3.61. The molecule has 0 unspecified atom stereocenters. The van der Waals surface area contributed by atoms with Gasteiger partial charge in [0.25, 0.3) is 0 Å². The molecule has 206 valence electrons. The number of fused-ring (bicyclic) bond motifs is 1. The molecule has 4 atom stereocenters. The number of hydrogen-bond acceptors (Lipinski definition) is 11. The molecule has 1 aromatic carbocycles. The van der Waals surface area contributed by atoms with Gasteiger partial charge in [-0.15, -0.1) is 0 Å². The summed E-state index contributed by atoms with van der Waals surface area (Å²) < 4.78 is 39.7. The monoisotopic (exact) mass is 548 g/mol. The van der Waals surface area contributed by atoms with Gasteiger partial charge in [0.1, 0.15) is 18.5 Å². The number of rotatable bonds is 9. The molecule has 3 aromatic rings. The van der Waals surface area contributed by atoms with Crippen LogP contribution in [0.15, 0.2) is 43.0 Å². The standard InChI is InChI=1S/C23H32N8O6S/c1-28(38(34,35)36)22-18(32)19(33)23(37-22)31-15-27-17-20(25-14-26-21(17)31)24-7-8-29-9-11-30(12-10-29)13-16-5-3-2-4-6-16/h2-6,14-15,18-19,22-23,32-33H,7-13H2,1H3,(H,24,25,26)(H,34,35,36)/t18-,19+,22+,23+/m0/s1. The Morgan fingerprint density at radius 3 is 2.47 bits per heavy atom. The normalized spacial score (nSPS) is 25.4. The number of hydrogen-bond donors (Lipinski definition) is 4. The highest BCUT2D eigenvalue weighted by atomic mass is 32.2. The molecule has 2 aliphatic rings. The van der Waals surface area contributed by atoms with Crippen LogP contribution in [0.1, 0.15) is 11.8 Å². The lowest BCUT2D eigenvalue weighted by Gasteiger charge is -2.34. The number of imidazole rings is 1. The number of nitrogens with zero attached hydrogens (tertiary/aromatic N) is 7. The Bertz CT molecular complexity index is 1330. The van der Waals surface area contributed by atoms with E-state index in [0.717, 1.165) is 46.3 Å². The van der Waals surface area contributed by atoms with Gasteiger partial charge in [0, 0.05) is 52.9 Å². The van der Waals surface area contributed by atoms with Gasteiger partial charge >= 0.3 is 10.3 Å². The highest BCUT2D eigenvalue weighted by Gasteiger charge is 2.48. The van der Waals surface area contributed by atoms with E-state index < -0.39 is 35.0 Å². The molecular formula is C23H32N8O6S. The third-order valence-electron chi connectivity index (χ3n) is 7.00. The number of nitrogens with one attached hydrogen (secondary N) is 1. The smallest absolute Gasteiger partial charge is 0.337 e. The predicted molar refractivity (Wildman–Crippen MR) is 137 cm³/mol. The minimum atomic E-state index is -4.65. The third kappa shape index (κ3) is 5.64. The number of piperazine rings is 1. The van der Waals surface area contributed by atoms with Crippen molar-refractivity contribution >= 4 is 27.3 Å². The van der Waals surface area contributed by atoms with Crippen LogP contribution >= 0.6 is 0 Å². The molecule has 0 spiro atoms. The minimum absolute atomic E-state index is 0.337. The maximum Gasteiger partial charge on any atom is 0.337 e. The number of likely N-dealkylation sites (N-methyl/N-ethyl adjacent to an activating group) is 1. The zero-order valence-corrected chi connectivity index (χ0v) is 21.7. The first-order chi connectivity index (χ1) is 18.2. The van der Waals surface area contributed by atoms with E-state index >= 15 is 0 Å². The van der Waals surface area contributed by atoms with E-state index in [-0.39, 0.29) is 0 Å². The van der Waals surface area contributed by atoms with E-state index in [1.807, 2.05) is 6.07 Å². The second kappa shape index (κ2) is 11.2. The van der Waals surface area contributed by atoms with Crippen LogP contribution < -0.4 is 5.32 Å². The van der Waals surface area contributed by atoms with Crippen molar-refractivity contribution in [1.82, 2.24) is 33.6 Å². The average Bonchev–Trinajstić information content (AvgIpc) is 3.46. The van der Waals surface area contributed by atoms with Gasteiger partial charge in [0.2, 0.25) is 0 Å². The van der Waals surface area contributed by atoms with Crippen molar-refractivity contribution in [1.29, 1.82) is 0 Å². The van der Waals surface area contributed by atoms with Gasteiger partial charge in [0.05, 0.1) is 6.33 Å². The third-order valence-corrected chi connectivity index (χ3v) is 7.94. The SMILES string of the molecule is CN([C@@H]1O[C@@H](n2cnc3c(NCCN4CCN(Cc5ccccc5)CC4)ncnc32)[C@H](O)[C@@H]1O)S(=O)(=O)O. The quantitative estimate of drug-likeness (QED) is 0.250. The second-order valence-electron chi connectivity index (χ2n) is 9.47. The van der Waals surface area contributed by atoms with Gasteiger partial charge in [-0.3, -0.25) is 18.9 Å². The number of aliphatic hydroxyl groups is 2. The molecule has 4 N–H and O–H groups in total. The molecule has 2 aromatic heterocycles. The highest BCUT2D eigenvalue weighted by Crippen LogP contribution is 2.33. The molecule has 15 heteroatoms. The number of anilines is 1. The van der Waals surface area contributed by atoms with Crippen molar-refractivity contribution < 1.29 is 27.9 Å². The van der Waals surface area contributed by atoms with E-state index in [9.17, 15) is 23.2 Å². The first-order valence-corrected chi connectivity index (χ1v) is 13.7. The Kier molecular flexibility index (Phi) is 7.88. The fourth-order valence-electron chi connectivity index (χ4n) is 4.82. The lowest BCUT2D eigenvalue weighted by molar-refractivity contribution is -0.0723. The van der Waals surface area contributed by atoms with Crippen LogP contribution in [0.25, 0.3) is 11.2 Å². The van der Waals surface area contributed by atoms with Gasteiger partial charge in [-0.1, -0.05) is 30.3 Å². The van der Waals surface area contributed by atoms with Crippen LogP contribution in [0.4, 0.5) is 5.82 Å². The van der Waals surface area contributed by atoms with Crippen molar-refractivity contribution in [2.24, 2.45) is 0 Å². The minimum Gasteiger partial charge on any atom is -0.386 e. The molecule has 0 radical (unpaired) electrons. The summed E-state index contributed by atoms with van der Waals surface area (Å²) in [5.41, 5.74) is 2.10. The molecule has 14 nitrogen and oxygen atoms in total. The molecule has 2 aliphatic heterocycles. The topological polar surface area (TPSA) is 169 Å². The highest BCUT2D eigenvalue weighted by molar-refractivity contribution is 7.83. The van der Waals surface area contributed by atoms with Crippen LogP contribution in [0.3, 0.4) is 0 Å². The molecule has 2 fully saturated rings. The van der Waals surface area contributed by atoms with E-state index in [4.69, 9.17) is 4.74 Å². The van der Waals surface area contributed by atoms with Crippen LogP contribution in [0.5, 0.6) is 0 Å². The van der Waals surface area contributed by atoms with Gasteiger partial charge in [-0.05, 0) is 5.56 Å². The Balaban J connectivity index is 1.18. The molecule has 0 saturated carbocycles. The van der Waals surface area contributed by atoms with Crippen LogP contribution in [0, 0.1) is 0 Å². The van der Waals surface area contributed by atoms with E-state index in [1.165, 1.54) is 22.8 Å². The number of aliphatic hydroxyl groups excluding tert-OH is 2. The van der Waals surface area contributed by atoms with Gasteiger partial charge in [0.15, 0.2) is 29.4 Å². The summed E-state index contributed by atoms with van der Waals surface area (Å²) in [5, 5.41) is 24.2. The average molecular weight is 549 g/mol. The summed E-state index contributed by atoms with van der Waals surface area (Å²) >= 11 is 0. The number of benzene rings is 1. The first-order valence-electron chi connectivity index (χ1n) is 12.3. The summed E-state index contributed by atoms with van der Waals surface area (Å²) in [5.74, 6) is 0.510. The van der Waals surface area contributed by atoms with Crippen LogP contribution in [0.2, 0.25) is 0 Å². The van der Waals surface area contributed by atoms with Crippen LogP contribution in [-0.4, -0.2) is 122 Å². The maximum atomic E-state index is 11.5. The lowest BCUT2D eigenvalue weighted by Crippen LogP contribution is -2.47. The van der Waals surface area contributed by atoms with Gasteiger partial charge in [-0.2, -0.15) is 12.7 Å². The molecule has 0 bridgehead atoms. The van der Waals surface area contributed by atoms with Crippen molar-refractivity contribution in [3.63, 3.8) is 0 Å². The summed E-state index contributed by atoms with van der Waals surface area (Å²) in [6, 6.07) is 10.5. The van der Waals surface area contributed by atoms with Crippen LogP contribution in [-0.2, 0) is 21.6 Å². The lowest BCUT2D eigenvalue weighted by atomic mass is 10.2. The van der Waals surface area contributed by atoms with Crippen molar-refractivity contribution in [3.05, 3.63) is 48.5 Å². The van der Waals surface area contributed by atoms with Crippen molar-refractivity contribution in [2.75, 3.05) is 51.6 Å². The second-order valence-corrected chi connectivity index (χ2v) is 10.9. The zero-order chi connectivity index (χ0) is 26.9. The Labute approximate surface area is 220 Å². The predicted octanol–water partition coefficient (Wildman–Crippen LogP) is -0.633. The Hall–Kier alpha value is -2.76. The molecule has 5 rings (SSSR count). The van der Waals surface area contributed by atoms with Crippen molar-refractivity contribution in [3.8, 4) is 0 Å². The number of ether oxygens (including phenoxy) is 1. The Morgan fingerprint density at radius 1 is 1.05 bits per heavy atom. The first kappa shape index (κ1) is 26.8. The molecule has 0 amide bonds. The number of aromatic nitrogens is 4. The van der Waals surface area contributed by atoms with E-state index in [1.54, 1.807) is 0 Å². The Morgan fingerprint density at radius 2 is 1.76 bits per heavy atom. The summed E-state index contributed by atoms with van der Waals surface area (Å²) in [6.07, 6.45) is -3.03. The van der Waals surface area contributed by atoms with Gasteiger partial charge in [-0.25, -0.2) is 15.0 Å². The van der Waals surface area contributed by atoms with E-state index in [2.05, 4.69) is 54.3 Å². The fourth-order valence-corrected chi connectivity index (χ4v) is 5.25. The van der Waals surface area contributed by atoms with Crippen molar-refractivity contribution in [2.45, 2.75) is 31.2 Å². The van der Waals surface area contributed by atoms with Gasteiger partial charge < -0.3 is 20.3 Å².